The van der Waals surface area contributed by atoms with Crippen molar-refractivity contribution >= 4 is 12.0 Å². The summed E-state index contributed by atoms with van der Waals surface area (Å²) in [5.41, 5.74) is 5.70. The van der Waals surface area contributed by atoms with Gasteiger partial charge in [0.2, 0.25) is 5.91 Å². The van der Waals surface area contributed by atoms with Crippen LogP contribution in [0.25, 0.3) is 0 Å². The Morgan fingerprint density at radius 1 is 1.11 bits per heavy atom. The van der Waals surface area contributed by atoms with Gasteiger partial charge >= 0.3 is 6.09 Å². The van der Waals surface area contributed by atoms with Gasteiger partial charge in [0, 0.05) is 26.2 Å². The predicted octanol–water partition coefficient (Wildman–Crippen LogP) is 0.270. The first-order valence-electron chi connectivity index (χ1n) is 6.14. The minimum Gasteiger partial charge on any atom is -0.453 e. The molecule has 6 heteroatoms. The standard InChI is InChI=1S/C12H23N3O3/c1-12(2,3)9(13)10(16)14-5-7-15(8-6-14)11(17)18-4/h9H,5-8,13H2,1-4H3/t9-/m0/s1. The van der Waals surface area contributed by atoms with E-state index in [9.17, 15) is 9.59 Å². The lowest BCUT2D eigenvalue weighted by Crippen LogP contribution is -2.56. The summed E-state index contributed by atoms with van der Waals surface area (Å²) in [5.74, 6) is -0.0491. The second-order valence-corrected chi connectivity index (χ2v) is 5.63. The molecule has 1 aliphatic heterocycles. The number of ether oxygens (including phenoxy) is 1. The molecule has 0 radical (unpaired) electrons. The molecule has 0 aromatic rings. The summed E-state index contributed by atoms with van der Waals surface area (Å²) in [6, 6.07) is -0.512. The van der Waals surface area contributed by atoms with Gasteiger partial charge < -0.3 is 20.3 Å². The van der Waals surface area contributed by atoms with Crippen molar-refractivity contribution in [2.75, 3.05) is 33.3 Å². The van der Waals surface area contributed by atoms with E-state index in [1.807, 2.05) is 20.8 Å². The third-order valence-electron chi connectivity index (χ3n) is 3.22. The predicted molar refractivity (Wildman–Crippen MR) is 68.0 cm³/mol. The van der Waals surface area contributed by atoms with Gasteiger partial charge in [0.15, 0.2) is 0 Å². The van der Waals surface area contributed by atoms with Gasteiger partial charge in [-0.15, -0.1) is 0 Å². The van der Waals surface area contributed by atoms with Crippen molar-refractivity contribution in [1.29, 1.82) is 0 Å². The van der Waals surface area contributed by atoms with Crippen LogP contribution in [0, 0.1) is 5.41 Å². The first-order chi connectivity index (χ1) is 8.27. The normalized spacial score (nSPS) is 18.5. The van der Waals surface area contributed by atoms with E-state index in [0.29, 0.717) is 26.2 Å². The average molecular weight is 257 g/mol. The Kier molecular flexibility index (Phi) is 4.56. The van der Waals surface area contributed by atoms with E-state index in [4.69, 9.17) is 5.73 Å². The van der Waals surface area contributed by atoms with Crippen LogP contribution in [-0.4, -0.2) is 61.1 Å². The van der Waals surface area contributed by atoms with Gasteiger partial charge in [-0.1, -0.05) is 20.8 Å². The molecule has 1 atom stereocenters. The number of carbonyl (C=O) groups is 2. The third-order valence-corrected chi connectivity index (χ3v) is 3.22. The number of hydrogen-bond acceptors (Lipinski definition) is 4. The molecular formula is C12H23N3O3. The lowest BCUT2D eigenvalue weighted by Gasteiger charge is -2.37. The molecule has 6 nitrogen and oxygen atoms in total. The van der Waals surface area contributed by atoms with Crippen molar-refractivity contribution in [1.82, 2.24) is 9.80 Å². The summed E-state index contributed by atoms with van der Waals surface area (Å²) >= 11 is 0. The second-order valence-electron chi connectivity index (χ2n) is 5.63. The van der Waals surface area contributed by atoms with Crippen LogP contribution in [0.2, 0.25) is 0 Å². The van der Waals surface area contributed by atoms with Crippen molar-refractivity contribution in [3.05, 3.63) is 0 Å². The fourth-order valence-corrected chi connectivity index (χ4v) is 1.81. The van der Waals surface area contributed by atoms with E-state index in [0.717, 1.165) is 0 Å². The molecule has 2 amide bonds. The van der Waals surface area contributed by atoms with Crippen LogP contribution < -0.4 is 5.73 Å². The topological polar surface area (TPSA) is 75.9 Å². The highest BCUT2D eigenvalue weighted by Crippen LogP contribution is 2.19. The number of methoxy groups -OCH3 is 1. The zero-order chi connectivity index (χ0) is 13.9. The Morgan fingerprint density at radius 2 is 1.56 bits per heavy atom. The van der Waals surface area contributed by atoms with Gasteiger partial charge in [0.25, 0.3) is 0 Å². The van der Waals surface area contributed by atoms with E-state index >= 15 is 0 Å². The summed E-state index contributed by atoms with van der Waals surface area (Å²) in [6.07, 6.45) is -0.345. The van der Waals surface area contributed by atoms with Crippen molar-refractivity contribution in [3.63, 3.8) is 0 Å². The van der Waals surface area contributed by atoms with Crippen LogP contribution in [-0.2, 0) is 9.53 Å². The number of amides is 2. The van der Waals surface area contributed by atoms with Crippen LogP contribution in [0.15, 0.2) is 0 Å². The van der Waals surface area contributed by atoms with E-state index in [2.05, 4.69) is 4.74 Å². The second kappa shape index (κ2) is 5.56. The molecule has 1 rings (SSSR count). The summed E-state index contributed by atoms with van der Waals surface area (Å²) < 4.78 is 4.65. The molecule has 0 aromatic heterocycles. The first-order valence-corrected chi connectivity index (χ1v) is 6.14. The molecule has 2 N–H and O–H groups in total. The Bertz CT molecular complexity index is 317. The largest absolute Gasteiger partial charge is 0.453 e. The number of piperazine rings is 1. The summed E-state index contributed by atoms with van der Waals surface area (Å²) in [4.78, 5) is 26.8. The van der Waals surface area contributed by atoms with Gasteiger partial charge in [-0.3, -0.25) is 4.79 Å². The maximum absolute atomic E-state index is 12.2. The fourth-order valence-electron chi connectivity index (χ4n) is 1.81. The lowest BCUT2D eigenvalue weighted by atomic mass is 9.86. The summed E-state index contributed by atoms with van der Waals surface area (Å²) in [7, 11) is 1.36. The molecule has 0 aromatic carbocycles. The number of nitrogens with two attached hydrogens (primary N) is 1. The molecule has 0 aliphatic carbocycles. The van der Waals surface area contributed by atoms with Gasteiger partial charge in [-0.25, -0.2) is 4.79 Å². The quantitative estimate of drug-likeness (QED) is 0.731. The zero-order valence-electron chi connectivity index (χ0n) is 11.6. The lowest BCUT2D eigenvalue weighted by molar-refractivity contribution is -0.136. The van der Waals surface area contributed by atoms with Crippen LogP contribution >= 0.6 is 0 Å². The van der Waals surface area contributed by atoms with Crippen molar-refractivity contribution in [2.24, 2.45) is 11.1 Å². The molecule has 0 saturated carbocycles. The molecular weight excluding hydrogens is 234 g/mol. The van der Waals surface area contributed by atoms with E-state index in [-0.39, 0.29) is 17.4 Å². The van der Waals surface area contributed by atoms with Crippen LogP contribution in [0.1, 0.15) is 20.8 Å². The molecule has 1 fully saturated rings. The van der Waals surface area contributed by atoms with Crippen LogP contribution in [0.4, 0.5) is 4.79 Å². The van der Waals surface area contributed by atoms with Crippen LogP contribution in [0.5, 0.6) is 0 Å². The van der Waals surface area contributed by atoms with Gasteiger partial charge in [0.05, 0.1) is 13.2 Å². The Morgan fingerprint density at radius 3 is 1.94 bits per heavy atom. The maximum Gasteiger partial charge on any atom is 0.409 e. The number of rotatable bonds is 1. The minimum atomic E-state index is -0.512. The smallest absolute Gasteiger partial charge is 0.409 e. The summed E-state index contributed by atoms with van der Waals surface area (Å²) in [5, 5.41) is 0. The highest BCUT2D eigenvalue weighted by Gasteiger charge is 2.33. The number of nitrogens with zero attached hydrogens (tertiary/aromatic N) is 2. The Hall–Kier alpha value is -1.30. The molecule has 1 aliphatic rings. The molecule has 0 spiro atoms. The highest BCUT2D eigenvalue weighted by molar-refractivity contribution is 5.82. The molecule has 104 valence electrons. The highest BCUT2D eigenvalue weighted by atomic mass is 16.5. The van der Waals surface area contributed by atoms with Crippen molar-refractivity contribution < 1.29 is 14.3 Å². The van der Waals surface area contributed by atoms with E-state index in [1.165, 1.54) is 7.11 Å². The Balaban J connectivity index is 2.53. The summed E-state index contributed by atoms with van der Waals surface area (Å²) in [6.45, 7) is 7.85. The van der Waals surface area contributed by atoms with Gasteiger partial charge in [-0.2, -0.15) is 0 Å². The molecule has 0 unspecified atom stereocenters. The van der Waals surface area contributed by atoms with E-state index in [1.54, 1.807) is 9.80 Å². The maximum atomic E-state index is 12.2. The Labute approximate surface area is 108 Å². The van der Waals surface area contributed by atoms with Gasteiger partial charge in [0.1, 0.15) is 0 Å². The molecule has 0 bridgehead atoms. The zero-order valence-corrected chi connectivity index (χ0v) is 11.6. The van der Waals surface area contributed by atoms with E-state index < -0.39 is 6.04 Å². The molecule has 1 saturated heterocycles. The first kappa shape index (κ1) is 14.8. The third kappa shape index (κ3) is 3.35. The monoisotopic (exact) mass is 257 g/mol. The SMILES string of the molecule is COC(=O)N1CCN(C(=O)[C@H](N)C(C)(C)C)CC1. The molecule has 18 heavy (non-hydrogen) atoms. The van der Waals surface area contributed by atoms with Gasteiger partial charge in [-0.05, 0) is 5.41 Å². The minimum absolute atomic E-state index is 0.0491. The van der Waals surface area contributed by atoms with Crippen molar-refractivity contribution in [2.45, 2.75) is 26.8 Å². The molecule has 1 heterocycles. The fraction of sp³-hybridized carbons (Fsp3) is 0.833. The average Bonchev–Trinajstić information content (AvgIpc) is 2.35. The van der Waals surface area contributed by atoms with Crippen LogP contribution in [0.3, 0.4) is 0 Å². The number of hydrogen-bond donors (Lipinski definition) is 1. The number of carbonyl (C=O) groups excluding carboxylic acids is 2. The van der Waals surface area contributed by atoms with Crippen molar-refractivity contribution in [3.8, 4) is 0 Å².